The molecular formula is C24H20F3N5OS. The first-order valence-electron chi connectivity index (χ1n) is 10.4. The van der Waals surface area contributed by atoms with E-state index in [0.29, 0.717) is 27.9 Å². The first-order valence-corrected chi connectivity index (χ1v) is 11.3. The number of rotatable bonds is 6. The standard InChI is InChI=1S/C24H20F3N5OS/c1-15(2)32-22-19(12-29-32)18(10-20(30-22)21-4-3-9-34-21)23(33)31(14-24(25,26)27)13-17-7-5-16(11-28)6-8-17/h3-10,12,15H,13-14H2,1-2H3. The minimum atomic E-state index is -4.59. The predicted octanol–water partition coefficient (Wildman–Crippen LogP) is 5.82. The van der Waals surface area contributed by atoms with Crippen LogP contribution in [0.1, 0.15) is 41.4 Å². The van der Waals surface area contributed by atoms with Gasteiger partial charge >= 0.3 is 6.18 Å². The summed E-state index contributed by atoms with van der Waals surface area (Å²) in [4.78, 5) is 19.8. The van der Waals surface area contributed by atoms with Gasteiger partial charge in [0.2, 0.25) is 0 Å². The molecule has 3 aromatic heterocycles. The monoisotopic (exact) mass is 483 g/mol. The minimum Gasteiger partial charge on any atom is -0.325 e. The molecule has 4 rings (SSSR count). The number of carbonyl (C=O) groups excluding carboxylic acids is 1. The van der Waals surface area contributed by atoms with Crippen LogP contribution in [-0.2, 0) is 6.54 Å². The summed E-state index contributed by atoms with van der Waals surface area (Å²) in [5.41, 5.74) is 1.92. The Kier molecular flexibility index (Phi) is 6.39. The summed E-state index contributed by atoms with van der Waals surface area (Å²) >= 11 is 1.42. The lowest BCUT2D eigenvalue weighted by atomic mass is 10.1. The number of fused-ring (bicyclic) bond motifs is 1. The molecule has 0 radical (unpaired) electrons. The topological polar surface area (TPSA) is 74.8 Å². The summed E-state index contributed by atoms with van der Waals surface area (Å²) in [6.45, 7) is 2.14. The highest BCUT2D eigenvalue weighted by Crippen LogP contribution is 2.30. The number of hydrogen-bond donors (Lipinski definition) is 0. The molecule has 0 saturated heterocycles. The molecule has 4 aromatic rings. The van der Waals surface area contributed by atoms with Crippen LogP contribution in [0.3, 0.4) is 0 Å². The maximum Gasteiger partial charge on any atom is 0.406 e. The van der Waals surface area contributed by atoms with E-state index in [4.69, 9.17) is 5.26 Å². The summed E-state index contributed by atoms with van der Waals surface area (Å²) < 4.78 is 42.0. The van der Waals surface area contributed by atoms with E-state index in [1.54, 1.807) is 16.8 Å². The van der Waals surface area contributed by atoms with Crippen molar-refractivity contribution in [2.24, 2.45) is 0 Å². The number of amides is 1. The summed E-state index contributed by atoms with van der Waals surface area (Å²) in [7, 11) is 0. The van der Waals surface area contributed by atoms with Crippen molar-refractivity contribution >= 4 is 28.3 Å². The molecule has 0 aliphatic rings. The largest absolute Gasteiger partial charge is 0.406 e. The van der Waals surface area contributed by atoms with E-state index in [2.05, 4.69) is 10.1 Å². The van der Waals surface area contributed by atoms with Crippen LogP contribution < -0.4 is 0 Å². The summed E-state index contributed by atoms with van der Waals surface area (Å²) in [5, 5.41) is 15.6. The van der Waals surface area contributed by atoms with Crippen molar-refractivity contribution in [1.29, 1.82) is 5.26 Å². The van der Waals surface area contributed by atoms with Crippen LogP contribution in [0.15, 0.2) is 54.0 Å². The Bertz CT molecular complexity index is 1350. The smallest absolute Gasteiger partial charge is 0.325 e. The van der Waals surface area contributed by atoms with E-state index < -0.39 is 18.6 Å². The van der Waals surface area contributed by atoms with Gasteiger partial charge in [-0.15, -0.1) is 11.3 Å². The lowest BCUT2D eigenvalue weighted by Crippen LogP contribution is -2.38. The van der Waals surface area contributed by atoms with Gasteiger partial charge in [0.15, 0.2) is 5.65 Å². The summed E-state index contributed by atoms with van der Waals surface area (Å²) in [6, 6.07) is 13.2. The first-order chi connectivity index (χ1) is 16.2. The molecule has 1 amide bonds. The van der Waals surface area contributed by atoms with E-state index in [0.717, 1.165) is 9.78 Å². The van der Waals surface area contributed by atoms with E-state index in [-0.39, 0.29) is 18.2 Å². The van der Waals surface area contributed by atoms with E-state index in [1.807, 2.05) is 37.4 Å². The van der Waals surface area contributed by atoms with Gasteiger partial charge in [0.1, 0.15) is 6.54 Å². The third kappa shape index (κ3) is 4.94. The zero-order valence-electron chi connectivity index (χ0n) is 18.4. The molecule has 3 heterocycles. The zero-order valence-corrected chi connectivity index (χ0v) is 19.2. The molecule has 1 aromatic carbocycles. The van der Waals surface area contributed by atoms with Crippen LogP contribution in [-0.4, -0.2) is 38.3 Å². The van der Waals surface area contributed by atoms with Crippen LogP contribution in [0.4, 0.5) is 13.2 Å². The van der Waals surface area contributed by atoms with Crippen molar-refractivity contribution in [3.63, 3.8) is 0 Å². The average molecular weight is 484 g/mol. The fourth-order valence-corrected chi connectivity index (χ4v) is 4.30. The highest BCUT2D eigenvalue weighted by Gasteiger charge is 2.34. The van der Waals surface area contributed by atoms with E-state index in [1.165, 1.54) is 35.7 Å². The number of benzene rings is 1. The minimum absolute atomic E-state index is 0.0588. The third-order valence-electron chi connectivity index (χ3n) is 5.17. The molecule has 0 aliphatic carbocycles. The molecule has 0 bridgehead atoms. The van der Waals surface area contributed by atoms with Crippen LogP contribution in [0, 0.1) is 11.3 Å². The van der Waals surface area contributed by atoms with Gasteiger partial charge in [-0.2, -0.15) is 23.5 Å². The molecule has 0 saturated carbocycles. The van der Waals surface area contributed by atoms with Crippen molar-refractivity contribution in [3.8, 4) is 16.6 Å². The SMILES string of the molecule is CC(C)n1ncc2c(C(=O)N(Cc3ccc(C#N)cc3)CC(F)(F)F)cc(-c3cccs3)nc21. The third-order valence-corrected chi connectivity index (χ3v) is 6.07. The van der Waals surface area contributed by atoms with E-state index >= 15 is 0 Å². The fraction of sp³-hybridized carbons (Fsp3) is 0.250. The second-order valence-electron chi connectivity index (χ2n) is 8.04. The number of alkyl halides is 3. The Labute approximate surface area is 197 Å². The lowest BCUT2D eigenvalue weighted by molar-refractivity contribution is -0.141. The molecule has 0 N–H and O–H groups in total. The van der Waals surface area contributed by atoms with Gasteiger partial charge in [0, 0.05) is 12.6 Å². The Morgan fingerprint density at radius 1 is 1.24 bits per heavy atom. The van der Waals surface area contributed by atoms with Gasteiger partial charge in [-0.3, -0.25) is 4.79 Å². The number of carbonyl (C=O) groups is 1. The predicted molar refractivity (Wildman–Crippen MR) is 123 cm³/mol. The van der Waals surface area contributed by atoms with Gasteiger partial charge in [-0.25, -0.2) is 9.67 Å². The van der Waals surface area contributed by atoms with Gasteiger partial charge in [-0.1, -0.05) is 18.2 Å². The summed E-state index contributed by atoms with van der Waals surface area (Å²) in [5.74, 6) is -0.768. The molecule has 0 spiro atoms. The second kappa shape index (κ2) is 9.27. The Balaban J connectivity index is 1.81. The van der Waals surface area contributed by atoms with Crippen molar-refractivity contribution in [2.75, 3.05) is 6.54 Å². The molecule has 0 unspecified atom stereocenters. The molecule has 0 aliphatic heterocycles. The van der Waals surface area contributed by atoms with Gasteiger partial charge < -0.3 is 4.90 Å². The number of pyridine rings is 1. The number of thiophene rings is 1. The molecule has 0 fully saturated rings. The number of aromatic nitrogens is 3. The zero-order chi connectivity index (χ0) is 24.5. The number of halogens is 3. The fourth-order valence-electron chi connectivity index (χ4n) is 3.61. The first kappa shape index (κ1) is 23.4. The maximum absolute atomic E-state index is 13.6. The van der Waals surface area contributed by atoms with Crippen LogP contribution in [0.25, 0.3) is 21.6 Å². The van der Waals surface area contributed by atoms with Crippen molar-refractivity contribution in [1.82, 2.24) is 19.7 Å². The van der Waals surface area contributed by atoms with Crippen molar-refractivity contribution < 1.29 is 18.0 Å². The summed E-state index contributed by atoms with van der Waals surface area (Å²) in [6.07, 6.45) is -3.12. The lowest BCUT2D eigenvalue weighted by Gasteiger charge is -2.24. The van der Waals surface area contributed by atoms with E-state index in [9.17, 15) is 18.0 Å². The molecule has 34 heavy (non-hydrogen) atoms. The Morgan fingerprint density at radius 2 is 1.97 bits per heavy atom. The van der Waals surface area contributed by atoms with Crippen LogP contribution in [0.2, 0.25) is 0 Å². The number of nitrogens with zero attached hydrogens (tertiary/aromatic N) is 5. The number of nitriles is 1. The van der Waals surface area contributed by atoms with Gasteiger partial charge in [0.25, 0.3) is 5.91 Å². The van der Waals surface area contributed by atoms with Crippen LogP contribution >= 0.6 is 11.3 Å². The highest BCUT2D eigenvalue weighted by atomic mass is 32.1. The second-order valence-corrected chi connectivity index (χ2v) is 8.99. The maximum atomic E-state index is 13.6. The molecule has 10 heteroatoms. The average Bonchev–Trinajstić information content (AvgIpc) is 3.47. The number of hydrogen-bond acceptors (Lipinski definition) is 5. The quantitative estimate of drug-likeness (QED) is 0.347. The molecule has 174 valence electrons. The van der Waals surface area contributed by atoms with Gasteiger partial charge in [0.05, 0.1) is 39.4 Å². The Hall–Kier alpha value is -3.71. The molecule has 6 nitrogen and oxygen atoms in total. The van der Waals surface area contributed by atoms with Crippen molar-refractivity contribution in [2.45, 2.75) is 32.6 Å². The van der Waals surface area contributed by atoms with Gasteiger partial charge in [-0.05, 0) is 49.1 Å². The van der Waals surface area contributed by atoms with Crippen molar-refractivity contribution in [3.05, 3.63) is 70.7 Å². The highest BCUT2D eigenvalue weighted by molar-refractivity contribution is 7.13. The van der Waals surface area contributed by atoms with Crippen LogP contribution in [0.5, 0.6) is 0 Å². The Morgan fingerprint density at radius 3 is 2.56 bits per heavy atom. The normalized spacial score (nSPS) is 11.7. The molecule has 0 atom stereocenters. The molecular weight excluding hydrogens is 463 g/mol.